The zero-order valence-electron chi connectivity index (χ0n) is 18.0. The van der Waals surface area contributed by atoms with Crippen LogP contribution in [-0.2, 0) is 14.4 Å². The zero-order chi connectivity index (χ0) is 22.8. The Morgan fingerprint density at radius 3 is 2.39 bits per heavy atom. The fraction of sp³-hybridized carbons (Fsp3) is 0.348. The van der Waals surface area contributed by atoms with Gasteiger partial charge in [-0.05, 0) is 48.6 Å². The summed E-state index contributed by atoms with van der Waals surface area (Å²) in [6.07, 6.45) is 0.836. The third-order valence-corrected chi connectivity index (χ3v) is 5.29. The van der Waals surface area contributed by atoms with Crippen LogP contribution in [0, 0.1) is 6.92 Å². The van der Waals surface area contributed by atoms with Crippen molar-refractivity contribution < 1.29 is 19.1 Å². The summed E-state index contributed by atoms with van der Waals surface area (Å²) in [5.41, 5.74) is 6.96. The molecule has 166 valence electrons. The van der Waals surface area contributed by atoms with E-state index in [1.165, 1.54) is 0 Å². The van der Waals surface area contributed by atoms with Crippen molar-refractivity contribution >= 4 is 35.0 Å². The van der Waals surface area contributed by atoms with E-state index in [1.54, 1.807) is 25.1 Å². The van der Waals surface area contributed by atoms with Gasteiger partial charge in [0.15, 0.2) is 6.61 Å². The van der Waals surface area contributed by atoms with Gasteiger partial charge in [0.2, 0.25) is 11.8 Å². The number of nitrogens with one attached hydrogen (secondary N) is 3. The molecule has 7 nitrogen and oxygen atoms in total. The SMILES string of the molecule is CCC(C)c1ccccc1OCC(=O)NNC(=O)CCC(=O)Nc1cccc(Cl)c1C. The Kier molecular flexibility index (Phi) is 9.34. The van der Waals surface area contributed by atoms with E-state index in [0.717, 1.165) is 17.5 Å². The number of hydrazine groups is 1. The molecule has 2 aromatic rings. The largest absolute Gasteiger partial charge is 0.483 e. The highest BCUT2D eigenvalue weighted by molar-refractivity contribution is 6.31. The fourth-order valence-corrected chi connectivity index (χ4v) is 2.98. The molecule has 31 heavy (non-hydrogen) atoms. The maximum absolute atomic E-state index is 12.0. The highest BCUT2D eigenvalue weighted by atomic mass is 35.5. The first-order chi connectivity index (χ1) is 14.8. The van der Waals surface area contributed by atoms with E-state index in [0.29, 0.717) is 22.4 Å². The lowest BCUT2D eigenvalue weighted by Gasteiger charge is -2.15. The summed E-state index contributed by atoms with van der Waals surface area (Å²) in [7, 11) is 0. The molecular formula is C23H28ClN3O4. The second kappa shape index (κ2) is 12.0. The lowest BCUT2D eigenvalue weighted by molar-refractivity contribution is -0.130. The second-order valence-electron chi connectivity index (χ2n) is 7.19. The molecule has 0 aliphatic rings. The molecule has 8 heteroatoms. The van der Waals surface area contributed by atoms with E-state index in [4.69, 9.17) is 16.3 Å². The van der Waals surface area contributed by atoms with Crippen molar-refractivity contribution in [1.82, 2.24) is 10.9 Å². The zero-order valence-corrected chi connectivity index (χ0v) is 18.7. The summed E-state index contributed by atoms with van der Waals surface area (Å²) in [5, 5.41) is 3.27. The summed E-state index contributed by atoms with van der Waals surface area (Å²) in [6, 6.07) is 12.8. The quantitative estimate of drug-likeness (QED) is 0.506. The van der Waals surface area contributed by atoms with Crippen LogP contribution in [-0.4, -0.2) is 24.3 Å². The standard InChI is InChI=1S/C23H28ClN3O4/c1-4-15(2)17-8-5-6-11-20(17)31-14-23(30)27-26-22(29)13-12-21(28)25-19-10-7-9-18(24)16(19)3/h5-11,15H,4,12-14H2,1-3H3,(H,25,28)(H,26,29)(H,27,30). The number of rotatable bonds is 9. The predicted octanol–water partition coefficient (Wildman–Crippen LogP) is 4.11. The number of halogens is 1. The van der Waals surface area contributed by atoms with Gasteiger partial charge in [0, 0.05) is 23.6 Å². The van der Waals surface area contributed by atoms with Crippen LogP contribution in [0.15, 0.2) is 42.5 Å². The molecule has 0 aliphatic heterocycles. The molecule has 3 amide bonds. The summed E-state index contributed by atoms with van der Waals surface area (Å²) in [4.78, 5) is 35.9. The van der Waals surface area contributed by atoms with Crippen LogP contribution in [0.25, 0.3) is 0 Å². The smallest absolute Gasteiger partial charge is 0.276 e. The highest BCUT2D eigenvalue weighted by Gasteiger charge is 2.13. The molecule has 0 spiro atoms. The van der Waals surface area contributed by atoms with Crippen LogP contribution in [0.2, 0.25) is 5.02 Å². The summed E-state index contributed by atoms with van der Waals surface area (Å²) >= 11 is 6.03. The van der Waals surface area contributed by atoms with Crippen molar-refractivity contribution in [2.75, 3.05) is 11.9 Å². The lowest BCUT2D eigenvalue weighted by atomic mass is 9.98. The normalized spacial score (nSPS) is 11.4. The van der Waals surface area contributed by atoms with E-state index in [9.17, 15) is 14.4 Å². The van der Waals surface area contributed by atoms with Crippen molar-refractivity contribution in [3.05, 3.63) is 58.6 Å². The topological polar surface area (TPSA) is 96.5 Å². The number of carbonyl (C=O) groups excluding carboxylic acids is 3. The van der Waals surface area contributed by atoms with Crippen molar-refractivity contribution in [1.29, 1.82) is 0 Å². The van der Waals surface area contributed by atoms with Crippen molar-refractivity contribution in [3.8, 4) is 5.75 Å². The average Bonchev–Trinajstić information content (AvgIpc) is 2.77. The monoisotopic (exact) mass is 445 g/mol. The predicted molar refractivity (Wildman–Crippen MR) is 121 cm³/mol. The first kappa shape index (κ1) is 24.2. The number of ether oxygens (including phenoxy) is 1. The summed E-state index contributed by atoms with van der Waals surface area (Å²) in [6.45, 7) is 5.73. The molecule has 0 heterocycles. The van der Waals surface area contributed by atoms with Gasteiger partial charge in [0.1, 0.15) is 5.75 Å². The van der Waals surface area contributed by atoms with Crippen LogP contribution in [0.5, 0.6) is 5.75 Å². The van der Waals surface area contributed by atoms with Gasteiger partial charge in [-0.25, -0.2) is 0 Å². The number of carbonyl (C=O) groups is 3. The van der Waals surface area contributed by atoms with E-state index in [-0.39, 0.29) is 25.4 Å². The molecule has 0 aromatic heterocycles. The van der Waals surface area contributed by atoms with Crippen molar-refractivity contribution in [3.63, 3.8) is 0 Å². The van der Waals surface area contributed by atoms with E-state index < -0.39 is 11.8 Å². The number of anilines is 1. The molecule has 2 aromatic carbocycles. The Hall–Kier alpha value is -3.06. The Morgan fingerprint density at radius 2 is 1.65 bits per heavy atom. The van der Waals surface area contributed by atoms with Gasteiger partial charge < -0.3 is 10.1 Å². The minimum Gasteiger partial charge on any atom is -0.483 e. The third kappa shape index (κ3) is 7.61. The minimum absolute atomic E-state index is 0.0353. The van der Waals surface area contributed by atoms with Gasteiger partial charge in [0.25, 0.3) is 5.91 Å². The van der Waals surface area contributed by atoms with Gasteiger partial charge in [-0.3, -0.25) is 25.2 Å². The maximum Gasteiger partial charge on any atom is 0.276 e. The van der Waals surface area contributed by atoms with Gasteiger partial charge >= 0.3 is 0 Å². The van der Waals surface area contributed by atoms with E-state index >= 15 is 0 Å². The number of hydrogen-bond donors (Lipinski definition) is 3. The van der Waals surface area contributed by atoms with Gasteiger partial charge in [-0.1, -0.05) is 49.7 Å². The summed E-state index contributed by atoms with van der Waals surface area (Å²) in [5.74, 6) is -0.346. The molecule has 1 unspecified atom stereocenters. The fourth-order valence-electron chi connectivity index (χ4n) is 2.80. The molecule has 1 atom stereocenters. The second-order valence-corrected chi connectivity index (χ2v) is 7.60. The molecule has 0 saturated heterocycles. The van der Waals surface area contributed by atoms with Crippen LogP contribution >= 0.6 is 11.6 Å². The molecule has 0 aliphatic carbocycles. The van der Waals surface area contributed by atoms with Crippen LogP contribution in [0.1, 0.15) is 50.2 Å². The van der Waals surface area contributed by atoms with E-state index in [2.05, 4.69) is 30.0 Å². The molecule has 0 bridgehead atoms. The van der Waals surface area contributed by atoms with Crippen LogP contribution < -0.4 is 20.9 Å². The first-order valence-corrected chi connectivity index (χ1v) is 10.5. The van der Waals surface area contributed by atoms with Crippen molar-refractivity contribution in [2.24, 2.45) is 0 Å². The Morgan fingerprint density at radius 1 is 0.968 bits per heavy atom. The molecule has 3 N–H and O–H groups in total. The number of benzene rings is 2. The average molecular weight is 446 g/mol. The Labute approximate surface area is 187 Å². The highest BCUT2D eigenvalue weighted by Crippen LogP contribution is 2.28. The molecule has 0 fully saturated rings. The maximum atomic E-state index is 12.0. The molecular weight excluding hydrogens is 418 g/mol. The van der Waals surface area contributed by atoms with E-state index in [1.807, 2.05) is 24.3 Å². The molecule has 0 saturated carbocycles. The summed E-state index contributed by atoms with van der Waals surface area (Å²) < 4.78 is 5.60. The Balaban J connectivity index is 1.72. The Bertz CT molecular complexity index is 933. The first-order valence-electron chi connectivity index (χ1n) is 10.2. The molecule has 0 radical (unpaired) electrons. The lowest BCUT2D eigenvalue weighted by Crippen LogP contribution is -2.44. The van der Waals surface area contributed by atoms with Crippen molar-refractivity contribution in [2.45, 2.75) is 46.0 Å². The third-order valence-electron chi connectivity index (χ3n) is 4.88. The van der Waals surface area contributed by atoms with Crippen LogP contribution in [0.3, 0.4) is 0 Å². The number of para-hydroxylation sites is 1. The number of hydrogen-bond acceptors (Lipinski definition) is 4. The van der Waals surface area contributed by atoms with Gasteiger partial charge in [-0.2, -0.15) is 0 Å². The number of amides is 3. The molecule has 2 rings (SSSR count). The van der Waals surface area contributed by atoms with Gasteiger partial charge in [0.05, 0.1) is 0 Å². The van der Waals surface area contributed by atoms with Crippen LogP contribution in [0.4, 0.5) is 5.69 Å². The minimum atomic E-state index is -0.494. The van der Waals surface area contributed by atoms with Gasteiger partial charge in [-0.15, -0.1) is 0 Å².